The molecule has 1 aliphatic rings. The SMILES string of the molecule is O=C(O)C1=C(OCc2ccccc2)c2ccc(Br)cc2OC1C(F)(F)F. The maximum atomic E-state index is 13.4. The lowest BCUT2D eigenvalue weighted by molar-refractivity contribution is -0.188. The fraction of sp³-hybridized carbons (Fsp3) is 0.167. The molecule has 4 nitrogen and oxygen atoms in total. The monoisotopic (exact) mass is 428 g/mol. The number of hydrogen-bond donors (Lipinski definition) is 1. The third-order valence-electron chi connectivity index (χ3n) is 3.69. The number of halogens is 4. The van der Waals surface area contributed by atoms with E-state index in [1.54, 1.807) is 36.4 Å². The molecule has 2 aromatic rings. The highest BCUT2D eigenvalue weighted by molar-refractivity contribution is 9.10. The summed E-state index contributed by atoms with van der Waals surface area (Å²) in [5, 5.41) is 9.39. The number of hydrogen-bond acceptors (Lipinski definition) is 3. The van der Waals surface area contributed by atoms with E-state index in [1.807, 2.05) is 0 Å². The fourth-order valence-corrected chi connectivity index (χ4v) is 2.90. The summed E-state index contributed by atoms with van der Waals surface area (Å²) in [4.78, 5) is 11.6. The molecule has 1 N–H and O–H groups in total. The van der Waals surface area contributed by atoms with Crippen LogP contribution in [0.5, 0.6) is 5.75 Å². The van der Waals surface area contributed by atoms with Gasteiger partial charge in [0.15, 0.2) is 0 Å². The first-order valence-corrected chi connectivity index (χ1v) is 8.24. The number of carboxylic acids is 1. The van der Waals surface area contributed by atoms with Crippen molar-refractivity contribution in [3.63, 3.8) is 0 Å². The van der Waals surface area contributed by atoms with Crippen molar-refractivity contribution >= 4 is 27.7 Å². The van der Waals surface area contributed by atoms with Crippen LogP contribution in [0.15, 0.2) is 58.6 Å². The smallest absolute Gasteiger partial charge is 0.430 e. The standard InChI is InChI=1S/C18H12BrF3O4/c19-11-6-7-12-13(8-11)26-16(18(20,21)22)14(17(23)24)15(12)25-9-10-4-2-1-3-5-10/h1-8,16H,9H2,(H,23,24). The molecule has 2 aromatic carbocycles. The highest BCUT2D eigenvalue weighted by Gasteiger charge is 2.51. The summed E-state index contributed by atoms with van der Waals surface area (Å²) in [6, 6.07) is 13.1. The third kappa shape index (κ3) is 3.70. The topological polar surface area (TPSA) is 55.8 Å². The molecule has 8 heteroatoms. The molecule has 1 heterocycles. The molecule has 3 rings (SSSR count). The Hall–Kier alpha value is -2.48. The summed E-state index contributed by atoms with van der Waals surface area (Å²) < 4.78 is 51.2. The average molecular weight is 429 g/mol. The molecule has 0 spiro atoms. The van der Waals surface area contributed by atoms with Gasteiger partial charge in [0.1, 0.15) is 23.7 Å². The first-order valence-electron chi connectivity index (χ1n) is 7.45. The van der Waals surface area contributed by atoms with Crippen molar-refractivity contribution in [2.24, 2.45) is 0 Å². The average Bonchev–Trinajstić information content (AvgIpc) is 2.58. The first kappa shape index (κ1) is 18.3. The van der Waals surface area contributed by atoms with E-state index >= 15 is 0 Å². The molecule has 1 atom stereocenters. The van der Waals surface area contributed by atoms with Gasteiger partial charge < -0.3 is 14.6 Å². The van der Waals surface area contributed by atoms with Crippen molar-refractivity contribution in [3.05, 3.63) is 69.7 Å². The minimum absolute atomic E-state index is 0.0764. The molecular formula is C18H12BrF3O4. The summed E-state index contributed by atoms with van der Waals surface area (Å²) in [6.07, 6.45) is -7.53. The highest BCUT2D eigenvalue weighted by atomic mass is 79.9. The molecule has 0 fully saturated rings. The highest BCUT2D eigenvalue weighted by Crippen LogP contribution is 2.43. The molecule has 26 heavy (non-hydrogen) atoms. The maximum Gasteiger partial charge on any atom is 0.430 e. The van der Waals surface area contributed by atoms with E-state index in [0.717, 1.165) is 0 Å². The second-order valence-corrected chi connectivity index (χ2v) is 6.42. The van der Waals surface area contributed by atoms with Crippen LogP contribution in [-0.2, 0) is 16.1 Å². The number of carbonyl (C=O) groups is 1. The van der Waals surface area contributed by atoms with Crippen LogP contribution in [0, 0.1) is 0 Å². The number of alkyl halides is 3. The Bertz CT molecular complexity index is 862. The van der Waals surface area contributed by atoms with E-state index in [-0.39, 0.29) is 23.7 Å². The summed E-state index contributed by atoms with van der Waals surface area (Å²) >= 11 is 3.17. The number of ether oxygens (including phenoxy) is 2. The molecule has 0 aromatic heterocycles. The number of aliphatic carboxylic acids is 1. The number of fused-ring (bicyclic) bond motifs is 1. The van der Waals surface area contributed by atoms with Crippen LogP contribution in [-0.4, -0.2) is 23.4 Å². The van der Waals surface area contributed by atoms with Crippen molar-refractivity contribution in [2.45, 2.75) is 18.9 Å². The Balaban J connectivity index is 2.10. The van der Waals surface area contributed by atoms with Gasteiger partial charge in [-0.3, -0.25) is 0 Å². The number of benzene rings is 2. The van der Waals surface area contributed by atoms with Crippen molar-refractivity contribution in [1.82, 2.24) is 0 Å². The van der Waals surface area contributed by atoms with Gasteiger partial charge in [-0.15, -0.1) is 0 Å². The van der Waals surface area contributed by atoms with Crippen LogP contribution < -0.4 is 4.74 Å². The van der Waals surface area contributed by atoms with Gasteiger partial charge in [-0.1, -0.05) is 46.3 Å². The van der Waals surface area contributed by atoms with E-state index in [9.17, 15) is 23.1 Å². The van der Waals surface area contributed by atoms with Gasteiger partial charge in [0.2, 0.25) is 6.10 Å². The molecular weight excluding hydrogens is 417 g/mol. The van der Waals surface area contributed by atoms with Crippen molar-refractivity contribution < 1.29 is 32.5 Å². The molecule has 0 saturated carbocycles. The zero-order valence-corrected chi connectivity index (χ0v) is 14.7. The predicted molar refractivity (Wildman–Crippen MR) is 90.4 cm³/mol. The van der Waals surface area contributed by atoms with Crippen LogP contribution >= 0.6 is 15.9 Å². The minimum Gasteiger partial charge on any atom is -0.487 e. The van der Waals surface area contributed by atoms with E-state index in [4.69, 9.17) is 9.47 Å². The summed E-state index contributed by atoms with van der Waals surface area (Å²) in [5.74, 6) is -2.20. The Labute approximate surface area is 155 Å². The van der Waals surface area contributed by atoms with Gasteiger partial charge in [0.05, 0.1) is 5.56 Å². The lowest BCUT2D eigenvalue weighted by atomic mass is 9.99. The molecule has 136 valence electrons. The molecule has 0 saturated heterocycles. The predicted octanol–water partition coefficient (Wildman–Crippen LogP) is 4.78. The maximum absolute atomic E-state index is 13.4. The summed E-state index contributed by atoms with van der Waals surface area (Å²) in [6.45, 7) is -0.0764. The van der Waals surface area contributed by atoms with E-state index in [2.05, 4.69) is 15.9 Å². The zero-order chi connectivity index (χ0) is 18.9. The molecule has 0 bridgehead atoms. The minimum atomic E-state index is -4.91. The van der Waals surface area contributed by atoms with Gasteiger partial charge >= 0.3 is 12.1 Å². The summed E-state index contributed by atoms with van der Waals surface area (Å²) in [7, 11) is 0. The molecule has 1 aliphatic heterocycles. The van der Waals surface area contributed by atoms with Gasteiger partial charge in [-0.05, 0) is 23.8 Å². The Morgan fingerprint density at radius 2 is 1.88 bits per heavy atom. The molecule has 0 aliphatic carbocycles. The van der Waals surface area contributed by atoms with Crippen LogP contribution in [0.3, 0.4) is 0 Å². The van der Waals surface area contributed by atoms with Crippen LogP contribution in [0.2, 0.25) is 0 Å². The second kappa shape index (κ2) is 7.03. The van der Waals surface area contributed by atoms with Crippen molar-refractivity contribution in [2.75, 3.05) is 0 Å². The lowest BCUT2D eigenvalue weighted by Gasteiger charge is -2.30. The first-order chi connectivity index (χ1) is 12.3. The van der Waals surface area contributed by atoms with Gasteiger partial charge in [-0.25, -0.2) is 4.79 Å². The zero-order valence-electron chi connectivity index (χ0n) is 13.1. The quantitative estimate of drug-likeness (QED) is 0.760. The largest absolute Gasteiger partial charge is 0.487 e. The number of rotatable bonds is 4. The van der Waals surface area contributed by atoms with Crippen LogP contribution in [0.25, 0.3) is 5.76 Å². The fourth-order valence-electron chi connectivity index (χ4n) is 2.56. The second-order valence-electron chi connectivity index (χ2n) is 5.50. The Morgan fingerprint density at radius 1 is 1.19 bits per heavy atom. The van der Waals surface area contributed by atoms with Gasteiger partial charge in [-0.2, -0.15) is 13.2 Å². The summed E-state index contributed by atoms with van der Waals surface area (Å²) in [5.41, 5.74) is -0.122. The molecule has 0 amide bonds. The van der Waals surface area contributed by atoms with Gasteiger partial charge in [0.25, 0.3) is 0 Å². The molecule has 0 radical (unpaired) electrons. The van der Waals surface area contributed by atoms with Crippen molar-refractivity contribution in [3.8, 4) is 5.75 Å². The normalized spacial score (nSPS) is 16.7. The Morgan fingerprint density at radius 3 is 2.50 bits per heavy atom. The number of carboxylic acid groups (broad SMARTS) is 1. The van der Waals surface area contributed by atoms with Crippen LogP contribution in [0.1, 0.15) is 11.1 Å². The van der Waals surface area contributed by atoms with E-state index in [1.165, 1.54) is 12.1 Å². The van der Waals surface area contributed by atoms with E-state index in [0.29, 0.717) is 10.0 Å². The third-order valence-corrected chi connectivity index (χ3v) is 4.19. The van der Waals surface area contributed by atoms with Gasteiger partial charge in [0, 0.05) is 4.47 Å². The van der Waals surface area contributed by atoms with Crippen LogP contribution in [0.4, 0.5) is 13.2 Å². The van der Waals surface area contributed by atoms with Crippen molar-refractivity contribution in [1.29, 1.82) is 0 Å². The lowest BCUT2D eigenvalue weighted by Crippen LogP contribution is -2.41. The van der Waals surface area contributed by atoms with E-state index < -0.39 is 23.8 Å². The molecule has 1 unspecified atom stereocenters. The Kier molecular flexibility index (Phi) is 4.95.